The third kappa shape index (κ3) is 4.42. The SMILES string of the molecule is C=Cc1ccc(OCc2ccccc2)cn1.CC. The first-order valence-corrected chi connectivity index (χ1v) is 6.14. The van der Waals surface area contributed by atoms with Gasteiger partial charge in [0.25, 0.3) is 0 Å². The van der Waals surface area contributed by atoms with Gasteiger partial charge in [-0.3, -0.25) is 4.98 Å². The lowest BCUT2D eigenvalue weighted by Gasteiger charge is -2.05. The lowest BCUT2D eigenvalue weighted by molar-refractivity contribution is 0.305. The van der Waals surface area contributed by atoms with Crippen LogP contribution in [-0.2, 0) is 6.61 Å². The first-order chi connectivity index (χ1) is 8.88. The molecule has 0 saturated heterocycles. The molecule has 2 rings (SSSR count). The number of nitrogens with zero attached hydrogens (tertiary/aromatic N) is 1. The smallest absolute Gasteiger partial charge is 0.138 e. The van der Waals surface area contributed by atoms with Gasteiger partial charge in [0.05, 0.1) is 11.9 Å². The summed E-state index contributed by atoms with van der Waals surface area (Å²) in [7, 11) is 0. The van der Waals surface area contributed by atoms with Gasteiger partial charge in [-0.1, -0.05) is 50.8 Å². The third-order valence-electron chi connectivity index (χ3n) is 2.22. The summed E-state index contributed by atoms with van der Waals surface area (Å²) in [5, 5.41) is 0. The predicted molar refractivity (Wildman–Crippen MR) is 76.5 cm³/mol. The molecule has 0 aliphatic rings. The predicted octanol–water partition coefficient (Wildman–Crippen LogP) is 4.33. The standard InChI is InChI=1S/C14H13NO.C2H6/c1-2-13-8-9-14(10-15-13)16-11-12-6-4-3-5-7-12;1-2/h2-10H,1,11H2;1-2H3. The van der Waals surface area contributed by atoms with Crippen molar-refractivity contribution in [2.75, 3.05) is 0 Å². The van der Waals surface area contributed by atoms with Crippen molar-refractivity contribution in [1.29, 1.82) is 0 Å². The van der Waals surface area contributed by atoms with Gasteiger partial charge < -0.3 is 4.74 Å². The minimum absolute atomic E-state index is 0.565. The number of hydrogen-bond acceptors (Lipinski definition) is 2. The van der Waals surface area contributed by atoms with Crippen LogP contribution < -0.4 is 4.74 Å². The van der Waals surface area contributed by atoms with Crippen molar-refractivity contribution in [3.63, 3.8) is 0 Å². The highest BCUT2D eigenvalue weighted by atomic mass is 16.5. The molecular weight excluding hydrogens is 222 g/mol. The Bertz CT molecular complexity index is 448. The molecule has 18 heavy (non-hydrogen) atoms. The Hall–Kier alpha value is -2.09. The zero-order valence-electron chi connectivity index (χ0n) is 11.0. The fourth-order valence-electron chi connectivity index (χ4n) is 1.34. The monoisotopic (exact) mass is 241 g/mol. The molecule has 2 heteroatoms. The molecule has 0 atom stereocenters. The summed E-state index contributed by atoms with van der Waals surface area (Å²) in [5.41, 5.74) is 2.00. The molecule has 94 valence electrons. The lowest BCUT2D eigenvalue weighted by atomic mass is 10.2. The van der Waals surface area contributed by atoms with Gasteiger partial charge >= 0.3 is 0 Å². The Kier molecular flexibility index (Phi) is 6.26. The molecule has 0 amide bonds. The van der Waals surface area contributed by atoms with E-state index in [9.17, 15) is 0 Å². The van der Waals surface area contributed by atoms with Crippen molar-refractivity contribution in [3.05, 3.63) is 66.5 Å². The van der Waals surface area contributed by atoms with Gasteiger partial charge in [-0.25, -0.2) is 0 Å². The summed E-state index contributed by atoms with van der Waals surface area (Å²) in [6.07, 6.45) is 3.42. The third-order valence-corrected chi connectivity index (χ3v) is 2.22. The Balaban J connectivity index is 0.000000771. The van der Waals surface area contributed by atoms with Crippen LogP contribution in [0.4, 0.5) is 0 Å². The van der Waals surface area contributed by atoms with E-state index in [1.54, 1.807) is 12.3 Å². The van der Waals surface area contributed by atoms with Gasteiger partial charge in [0.2, 0.25) is 0 Å². The van der Waals surface area contributed by atoms with E-state index in [0.29, 0.717) is 6.61 Å². The number of hydrogen-bond donors (Lipinski definition) is 0. The van der Waals surface area contributed by atoms with Gasteiger partial charge in [-0.15, -0.1) is 0 Å². The molecule has 0 spiro atoms. The topological polar surface area (TPSA) is 22.1 Å². The van der Waals surface area contributed by atoms with Crippen LogP contribution >= 0.6 is 0 Å². The number of ether oxygens (including phenoxy) is 1. The zero-order chi connectivity index (χ0) is 13.2. The molecular formula is C16H19NO. The molecule has 0 N–H and O–H groups in total. The van der Waals surface area contributed by atoms with Crippen LogP contribution in [0.3, 0.4) is 0 Å². The molecule has 0 unspecified atom stereocenters. The second-order valence-electron chi connectivity index (χ2n) is 3.40. The Morgan fingerprint density at radius 2 is 1.83 bits per heavy atom. The zero-order valence-corrected chi connectivity index (χ0v) is 11.0. The lowest BCUT2D eigenvalue weighted by Crippen LogP contribution is -1.95. The van der Waals surface area contributed by atoms with Crippen LogP contribution in [0.5, 0.6) is 5.75 Å². The maximum absolute atomic E-state index is 5.59. The largest absolute Gasteiger partial charge is 0.487 e. The minimum Gasteiger partial charge on any atom is -0.487 e. The average molecular weight is 241 g/mol. The molecule has 0 aliphatic carbocycles. The number of benzene rings is 1. The summed E-state index contributed by atoms with van der Waals surface area (Å²) < 4.78 is 5.59. The van der Waals surface area contributed by atoms with Gasteiger partial charge in [-0.2, -0.15) is 0 Å². The van der Waals surface area contributed by atoms with E-state index >= 15 is 0 Å². The Morgan fingerprint density at radius 1 is 1.11 bits per heavy atom. The van der Waals surface area contributed by atoms with E-state index in [4.69, 9.17) is 4.74 Å². The van der Waals surface area contributed by atoms with E-state index in [-0.39, 0.29) is 0 Å². The van der Waals surface area contributed by atoms with Gasteiger partial charge in [-0.05, 0) is 23.8 Å². The summed E-state index contributed by atoms with van der Waals surface area (Å²) in [6, 6.07) is 13.8. The maximum atomic E-state index is 5.59. The van der Waals surface area contributed by atoms with E-state index in [1.165, 1.54) is 0 Å². The van der Waals surface area contributed by atoms with E-state index in [0.717, 1.165) is 17.0 Å². The second-order valence-corrected chi connectivity index (χ2v) is 3.40. The van der Waals surface area contributed by atoms with Crippen molar-refractivity contribution in [2.24, 2.45) is 0 Å². The first-order valence-electron chi connectivity index (χ1n) is 6.14. The van der Waals surface area contributed by atoms with E-state index in [2.05, 4.69) is 11.6 Å². The Labute approximate surface area is 109 Å². The average Bonchev–Trinajstić information content (AvgIpc) is 2.49. The van der Waals surface area contributed by atoms with Crippen LogP contribution in [0.25, 0.3) is 6.08 Å². The van der Waals surface area contributed by atoms with Gasteiger partial charge in [0.15, 0.2) is 0 Å². The molecule has 1 heterocycles. The van der Waals surface area contributed by atoms with Gasteiger partial charge in [0.1, 0.15) is 12.4 Å². The highest BCUT2D eigenvalue weighted by Gasteiger charge is 1.95. The normalized spacial score (nSPS) is 9.00. The number of pyridine rings is 1. The van der Waals surface area contributed by atoms with Crippen LogP contribution in [-0.4, -0.2) is 4.98 Å². The maximum Gasteiger partial charge on any atom is 0.138 e. The molecule has 1 aromatic heterocycles. The summed E-state index contributed by atoms with van der Waals surface area (Å²) in [5.74, 6) is 0.773. The molecule has 2 nitrogen and oxygen atoms in total. The van der Waals surface area contributed by atoms with Crippen molar-refractivity contribution >= 4 is 6.08 Å². The van der Waals surface area contributed by atoms with E-state index < -0.39 is 0 Å². The van der Waals surface area contributed by atoms with Crippen molar-refractivity contribution in [3.8, 4) is 5.75 Å². The minimum atomic E-state index is 0.565. The van der Waals surface area contributed by atoms with Crippen molar-refractivity contribution in [1.82, 2.24) is 4.98 Å². The molecule has 0 aliphatic heterocycles. The fraction of sp³-hybridized carbons (Fsp3) is 0.188. The second kappa shape index (κ2) is 8.07. The Morgan fingerprint density at radius 3 is 2.39 bits per heavy atom. The summed E-state index contributed by atoms with van der Waals surface area (Å²) >= 11 is 0. The summed E-state index contributed by atoms with van der Waals surface area (Å²) in [4.78, 5) is 4.17. The number of aromatic nitrogens is 1. The molecule has 1 aromatic carbocycles. The highest BCUT2D eigenvalue weighted by Crippen LogP contribution is 2.12. The van der Waals surface area contributed by atoms with Crippen LogP contribution in [0.15, 0.2) is 55.2 Å². The fourth-order valence-corrected chi connectivity index (χ4v) is 1.34. The molecule has 0 saturated carbocycles. The molecule has 2 aromatic rings. The first kappa shape index (κ1) is 14.0. The quantitative estimate of drug-likeness (QED) is 0.794. The van der Waals surface area contributed by atoms with Crippen molar-refractivity contribution in [2.45, 2.75) is 20.5 Å². The van der Waals surface area contributed by atoms with Gasteiger partial charge in [0, 0.05) is 0 Å². The van der Waals surface area contributed by atoms with Crippen LogP contribution in [0, 0.1) is 0 Å². The molecule has 0 fully saturated rings. The highest BCUT2D eigenvalue weighted by molar-refractivity contribution is 5.42. The van der Waals surface area contributed by atoms with Crippen LogP contribution in [0.2, 0.25) is 0 Å². The van der Waals surface area contributed by atoms with Crippen molar-refractivity contribution < 1.29 is 4.74 Å². The number of rotatable bonds is 4. The summed E-state index contributed by atoms with van der Waals surface area (Å²) in [6.45, 7) is 8.22. The van der Waals surface area contributed by atoms with E-state index in [1.807, 2.05) is 56.3 Å². The molecule has 0 bridgehead atoms. The molecule has 0 radical (unpaired) electrons. The van der Waals surface area contributed by atoms with Crippen LogP contribution in [0.1, 0.15) is 25.1 Å².